The maximum atomic E-state index is 12.6. The molecule has 1 atom stereocenters. The zero-order valence-electron chi connectivity index (χ0n) is 20.6. The van der Waals surface area contributed by atoms with Crippen molar-refractivity contribution < 1.29 is 24.2 Å². The summed E-state index contributed by atoms with van der Waals surface area (Å²) < 4.78 is 13.6. The number of hydrogen-bond donors (Lipinski definition) is 1. The molecule has 0 aliphatic carbocycles. The van der Waals surface area contributed by atoms with Gasteiger partial charge in [-0.1, -0.05) is 25.3 Å². The molecular formula is C28H31NO6S. The van der Waals surface area contributed by atoms with Gasteiger partial charge in [0, 0.05) is 29.1 Å². The molecule has 0 spiro atoms. The molecule has 1 aliphatic rings. The summed E-state index contributed by atoms with van der Waals surface area (Å²) in [5.41, 5.74) is 1.77. The molecule has 36 heavy (non-hydrogen) atoms. The number of carbonyl (C=O) groups excluding carboxylic acids is 1. The predicted octanol–water partition coefficient (Wildman–Crippen LogP) is 5.74. The number of nitrogens with zero attached hydrogens (tertiary/aromatic N) is 1. The zero-order valence-corrected chi connectivity index (χ0v) is 21.4. The lowest BCUT2D eigenvalue weighted by Gasteiger charge is -2.31. The fraction of sp³-hybridized carbons (Fsp3) is 0.393. The van der Waals surface area contributed by atoms with Gasteiger partial charge in [-0.3, -0.25) is 4.79 Å². The SMILES string of the molecule is COc1cc2c(cc1OCCCCCCCC(C)=O)CC(c1cccs1)n1cc(C(=O)O)c(=O)cc1-2. The average molecular weight is 510 g/mol. The lowest BCUT2D eigenvalue weighted by atomic mass is 9.91. The molecule has 4 rings (SSSR count). The van der Waals surface area contributed by atoms with Crippen LogP contribution in [0.1, 0.15) is 72.3 Å². The quantitative estimate of drug-likeness (QED) is 0.313. The molecule has 7 nitrogen and oxygen atoms in total. The molecule has 0 bridgehead atoms. The summed E-state index contributed by atoms with van der Waals surface area (Å²) in [6.07, 6.45) is 7.77. The highest BCUT2D eigenvalue weighted by atomic mass is 32.1. The van der Waals surface area contributed by atoms with E-state index < -0.39 is 11.4 Å². The maximum absolute atomic E-state index is 12.6. The molecule has 0 saturated heterocycles. The Morgan fingerprint density at radius 1 is 1.11 bits per heavy atom. The average Bonchev–Trinajstić information content (AvgIpc) is 3.38. The van der Waals surface area contributed by atoms with Gasteiger partial charge in [0.1, 0.15) is 11.3 Å². The van der Waals surface area contributed by atoms with Gasteiger partial charge in [-0.25, -0.2) is 4.79 Å². The number of aromatic carboxylic acids is 1. The molecule has 8 heteroatoms. The Kier molecular flexibility index (Phi) is 8.25. The van der Waals surface area contributed by atoms with Crippen LogP contribution in [0.4, 0.5) is 0 Å². The highest BCUT2D eigenvalue weighted by molar-refractivity contribution is 7.10. The van der Waals surface area contributed by atoms with Crippen LogP contribution in [0.15, 0.2) is 46.7 Å². The molecule has 0 saturated carbocycles. The van der Waals surface area contributed by atoms with Gasteiger partial charge in [0.15, 0.2) is 16.9 Å². The van der Waals surface area contributed by atoms with Crippen molar-refractivity contribution in [2.75, 3.05) is 13.7 Å². The summed E-state index contributed by atoms with van der Waals surface area (Å²) >= 11 is 1.60. The minimum Gasteiger partial charge on any atom is -0.493 e. The van der Waals surface area contributed by atoms with Crippen LogP contribution in [0.5, 0.6) is 11.5 Å². The van der Waals surface area contributed by atoms with Crippen LogP contribution in [0.3, 0.4) is 0 Å². The number of carboxylic acid groups (broad SMARTS) is 1. The topological polar surface area (TPSA) is 94.8 Å². The molecule has 3 aromatic rings. The van der Waals surface area contributed by atoms with Crippen molar-refractivity contribution in [1.82, 2.24) is 4.57 Å². The molecule has 1 N–H and O–H groups in total. The van der Waals surface area contributed by atoms with Crippen molar-refractivity contribution in [1.29, 1.82) is 0 Å². The molecule has 1 aromatic carbocycles. The van der Waals surface area contributed by atoms with Crippen molar-refractivity contribution in [2.24, 2.45) is 0 Å². The molecular weight excluding hydrogens is 478 g/mol. The third kappa shape index (κ3) is 5.70. The molecule has 1 aliphatic heterocycles. The summed E-state index contributed by atoms with van der Waals surface area (Å²) in [7, 11) is 1.58. The summed E-state index contributed by atoms with van der Waals surface area (Å²) in [5.74, 6) is 0.252. The third-order valence-electron chi connectivity index (χ3n) is 6.53. The second-order valence-corrected chi connectivity index (χ2v) is 10.1. The highest BCUT2D eigenvalue weighted by Gasteiger charge is 2.29. The Morgan fingerprint density at radius 2 is 1.89 bits per heavy atom. The number of Topliss-reactive ketones (excluding diaryl/α,β-unsaturated/α-hetero) is 1. The number of ether oxygens (including phenoxy) is 2. The molecule has 0 radical (unpaired) electrons. The van der Waals surface area contributed by atoms with E-state index >= 15 is 0 Å². The van der Waals surface area contributed by atoms with Crippen LogP contribution in [0, 0.1) is 0 Å². The van der Waals surface area contributed by atoms with E-state index in [1.165, 1.54) is 12.3 Å². The van der Waals surface area contributed by atoms with Crippen LogP contribution in [-0.2, 0) is 11.2 Å². The van der Waals surface area contributed by atoms with E-state index in [2.05, 4.69) is 0 Å². The third-order valence-corrected chi connectivity index (χ3v) is 7.50. The van der Waals surface area contributed by atoms with Gasteiger partial charge < -0.3 is 23.9 Å². The minimum absolute atomic E-state index is 0.123. The summed E-state index contributed by atoms with van der Waals surface area (Å²) in [6, 6.07) is 9.15. The summed E-state index contributed by atoms with van der Waals surface area (Å²) in [4.78, 5) is 36.4. The largest absolute Gasteiger partial charge is 0.493 e. The first-order valence-corrected chi connectivity index (χ1v) is 13.1. The molecule has 3 heterocycles. The number of rotatable bonds is 12. The Hall–Kier alpha value is -3.39. The summed E-state index contributed by atoms with van der Waals surface area (Å²) in [5, 5.41) is 11.5. The van der Waals surface area contributed by atoms with Gasteiger partial charge in [-0.2, -0.15) is 0 Å². The van der Waals surface area contributed by atoms with Gasteiger partial charge >= 0.3 is 5.97 Å². The number of unbranched alkanes of at least 4 members (excludes halogenated alkanes) is 4. The highest BCUT2D eigenvalue weighted by Crippen LogP contribution is 2.43. The molecule has 0 fully saturated rings. The number of fused-ring (bicyclic) bond motifs is 3. The van der Waals surface area contributed by atoms with Crippen LogP contribution in [-0.4, -0.2) is 35.1 Å². The zero-order chi connectivity index (χ0) is 25.7. The van der Waals surface area contributed by atoms with E-state index in [0.717, 1.165) is 48.1 Å². The Labute approximate surface area is 214 Å². The number of aromatic nitrogens is 1. The fourth-order valence-corrected chi connectivity index (χ4v) is 5.50. The van der Waals surface area contributed by atoms with Gasteiger partial charge in [-0.15, -0.1) is 11.3 Å². The van der Waals surface area contributed by atoms with E-state index in [1.807, 2.05) is 34.2 Å². The first-order valence-electron chi connectivity index (χ1n) is 12.3. The Balaban J connectivity index is 1.57. The van der Waals surface area contributed by atoms with Gasteiger partial charge in [-0.05, 0) is 55.3 Å². The number of carboxylic acids is 1. The fourth-order valence-electron chi connectivity index (χ4n) is 4.68. The van der Waals surface area contributed by atoms with E-state index in [9.17, 15) is 19.5 Å². The number of benzene rings is 1. The van der Waals surface area contributed by atoms with E-state index in [4.69, 9.17) is 9.47 Å². The van der Waals surface area contributed by atoms with Gasteiger partial charge in [0.25, 0.3) is 0 Å². The van der Waals surface area contributed by atoms with Crippen molar-refractivity contribution in [3.63, 3.8) is 0 Å². The second kappa shape index (κ2) is 11.6. The predicted molar refractivity (Wildman–Crippen MR) is 140 cm³/mol. The maximum Gasteiger partial charge on any atom is 0.341 e. The van der Waals surface area contributed by atoms with Crippen molar-refractivity contribution in [2.45, 2.75) is 57.9 Å². The van der Waals surface area contributed by atoms with Gasteiger partial charge in [0.05, 0.1) is 25.5 Å². The Bertz CT molecular complexity index is 1290. The smallest absolute Gasteiger partial charge is 0.341 e. The number of hydrogen-bond acceptors (Lipinski definition) is 6. The van der Waals surface area contributed by atoms with E-state index in [0.29, 0.717) is 36.6 Å². The van der Waals surface area contributed by atoms with Gasteiger partial charge in [0.2, 0.25) is 0 Å². The first-order chi connectivity index (χ1) is 17.4. The first kappa shape index (κ1) is 25.7. The van der Waals surface area contributed by atoms with E-state index in [1.54, 1.807) is 25.4 Å². The lowest BCUT2D eigenvalue weighted by molar-refractivity contribution is -0.117. The van der Waals surface area contributed by atoms with E-state index in [-0.39, 0.29) is 17.4 Å². The van der Waals surface area contributed by atoms with Crippen molar-refractivity contribution >= 4 is 23.1 Å². The second-order valence-electron chi connectivity index (χ2n) is 9.11. The van der Waals surface area contributed by atoms with Crippen molar-refractivity contribution in [3.8, 4) is 22.8 Å². The molecule has 190 valence electrons. The van der Waals surface area contributed by atoms with Crippen molar-refractivity contribution in [3.05, 3.63) is 68.1 Å². The van der Waals surface area contributed by atoms with Crippen LogP contribution in [0.2, 0.25) is 0 Å². The van der Waals surface area contributed by atoms with Crippen LogP contribution >= 0.6 is 11.3 Å². The molecule has 1 unspecified atom stereocenters. The monoisotopic (exact) mass is 509 g/mol. The standard InChI is InChI=1S/C28H31NO6S/c1-18(30)9-6-4-3-5-7-11-35-26-14-19-13-23(27-10-8-12-36-27)29-17-21(28(32)33)24(31)16-22(29)20(19)15-25(26)34-2/h8,10,12,14-17,23H,3-7,9,11,13H2,1-2H3,(H,32,33). The minimum atomic E-state index is -1.23. The number of carbonyl (C=O) groups is 2. The lowest BCUT2D eigenvalue weighted by Crippen LogP contribution is -2.25. The Morgan fingerprint density at radius 3 is 2.58 bits per heavy atom. The molecule has 0 amide bonds. The number of pyridine rings is 1. The number of ketones is 1. The normalized spacial score (nSPS) is 14.1. The summed E-state index contributed by atoms with van der Waals surface area (Å²) in [6.45, 7) is 2.20. The number of thiophene rings is 1. The number of methoxy groups -OCH3 is 1. The van der Waals surface area contributed by atoms with Crippen LogP contribution in [0.25, 0.3) is 11.3 Å². The molecule has 2 aromatic heterocycles. The van der Waals surface area contributed by atoms with Crippen LogP contribution < -0.4 is 14.9 Å².